The first kappa shape index (κ1) is 20.5. The van der Waals surface area contributed by atoms with Crippen LogP contribution in [0.25, 0.3) is 19.3 Å². The van der Waals surface area contributed by atoms with Crippen LogP contribution in [0.4, 0.5) is 0 Å². The van der Waals surface area contributed by atoms with E-state index in [0.717, 1.165) is 63.0 Å². The van der Waals surface area contributed by atoms with Crippen LogP contribution in [-0.2, 0) is 19.7 Å². The average molecular weight is 524 g/mol. The maximum atomic E-state index is 12.6. The van der Waals surface area contributed by atoms with Crippen LogP contribution < -0.4 is 15.9 Å². The van der Waals surface area contributed by atoms with Gasteiger partial charge in [-0.1, -0.05) is 0 Å². The van der Waals surface area contributed by atoms with E-state index < -0.39 is 0 Å². The number of hydrogen-bond donors (Lipinski definition) is 1. The molecule has 2 aromatic carbocycles. The number of nitrogens with zero attached hydrogens (tertiary/aromatic N) is 2. The molecule has 4 rings (SSSR count). The van der Waals surface area contributed by atoms with Gasteiger partial charge in [0.2, 0.25) is 0 Å². The van der Waals surface area contributed by atoms with Crippen LogP contribution >= 0.6 is 0 Å². The third-order valence-electron chi connectivity index (χ3n) is 4.97. The number of aryl methyl sites for hydroxylation is 2. The fourth-order valence-electron chi connectivity index (χ4n) is 3.38. The molecule has 0 bridgehead atoms. The van der Waals surface area contributed by atoms with E-state index in [0.29, 0.717) is 0 Å². The Morgan fingerprint density at radius 3 is 2.03 bits per heavy atom. The van der Waals surface area contributed by atoms with E-state index in [1.54, 1.807) is 7.11 Å². The van der Waals surface area contributed by atoms with Gasteiger partial charge in [-0.25, -0.2) is 0 Å². The van der Waals surface area contributed by atoms with E-state index in [1.165, 1.54) is 0 Å². The molecule has 0 aliphatic heterocycles. The molecule has 0 aliphatic rings. The van der Waals surface area contributed by atoms with Crippen molar-refractivity contribution in [1.29, 1.82) is 0 Å². The minimum absolute atomic E-state index is 0.0229. The number of aliphatic hydroxyl groups is 1. The van der Waals surface area contributed by atoms with Crippen molar-refractivity contribution in [3.8, 4) is 5.75 Å². The van der Waals surface area contributed by atoms with Crippen LogP contribution in [-0.4, -0.2) is 48.8 Å². The van der Waals surface area contributed by atoms with Gasteiger partial charge >= 0.3 is 180 Å². The Labute approximate surface area is 179 Å². The molecule has 29 heavy (non-hydrogen) atoms. The summed E-state index contributed by atoms with van der Waals surface area (Å²) in [6, 6.07) is 11.4. The molecule has 1 N–H and O–H groups in total. The fourth-order valence-corrected chi connectivity index (χ4v) is 7.62. The van der Waals surface area contributed by atoms with Crippen molar-refractivity contribution in [1.82, 2.24) is 7.12 Å². The summed E-state index contributed by atoms with van der Waals surface area (Å²) in [6.07, 6.45) is 2.86. The molecule has 0 unspecified atom stereocenters. The number of rotatable bonds is 8. The summed E-state index contributed by atoms with van der Waals surface area (Å²) in [5, 5.41) is 10.8. The quantitative estimate of drug-likeness (QED) is 0.282. The molecular formula is C21H22N2O4Se2. The Kier molecular flexibility index (Phi) is 6.28. The predicted molar refractivity (Wildman–Crippen MR) is 117 cm³/mol. The molecule has 0 spiro atoms. The van der Waals surface area contributed by atoms with E-state index >= 15 is 0 Å². The van der Waals surface area contributed by atoms with Crippen molar-refractivity contribution in [2.45, 2.75) is 39.0 Å². The van der Waals surface area contributed by atoms with Gasteiger partial charge < -0.3 is 0 Å². The van der Waals surface area contributed by atoms with Crippen LogP contribution in [0.2, 0.25) is 0 Å². The van der Waals surface area contributed by atoms with Gasteiger partial charge in [-0.15, -0.1) is 0 Å². The van der Waals surface area contributed by atoms with Gasteiger partial charge in [-0.05, 0) is 0 Å². The van der Waals surface area contributed by atoms with E-state index in [-0.39, 0.29) is 47.2 Å². The summed E-state index contributed by atoms with van der Waals surface area (Å²) >= 11 is 0.0634. The van der Waals surface area contributed by atoms with Crippen LogP contribution in [0.15, 0.2) is 46.0 Å². The Balaban J connectivity index is 1.36. The number of aliphatic hydroxyl groups excluding tert-OH is 1. The van der Waals surface area contributed by atoms with Crippen LogP contribution in [0.3, 0.4) is 0 Å². The number of aromatic nitrogens is 2. The molecule has 0 radical (unpaired) electrons. The van der Waals surface area contributed by atoms with Crippen molar-refractivity contribution in [3.05, 3.63) is 62.7 Å². The van der Waals surface area contributed by atoms with Gasteiger partial charge in [-0.3, -0.25) is 0 Å². The molecule has 0 fully saturated rings. The van der Waals surface area contributed by atoms with Crippen molar-refractivity contribution in [2.75, 3.05) is 7.11 Å². The van der Waals surface area contributed by atoms with E-state index in [1.807, 2.05) is 43.5 Å². The first-order chi connectivity index (χ1) is 14.1. The number of ether oxygens (including phenoxy) is 1. The second-order valence-electron chi connectivity index (χ2n) is 6.91. The summed E-state index contributed by atoms with van der Waals surface area (Å²) in [7, 11) is 1.61. The summed E-state index contributed by atoms with van der Waals surface area (Å²) in [5.41, 5.74) is 0.968. The molecule has 0 saturated heterocycles. The molecular weight excluding hydrogens is 502 g/mol. The number of hydrogen-bond acceptors (Lipinski definition) is 4. The van der Waals surface area contributed by atoms with Crippen molar-refractivity contribution < 1.29 is 9.84 Å². The summed E-state index contributed by atoms with van der Waals surface area (Å²) < 4.78 is 11.3. The monoisotopic (exact) mass is 526 g/mol. The molecule has 8 heteroatoms. The normalized spacial score (nSPS) is 11.5. The van der Waals surface area contributed by atoms with Gasteiger partial charge in [-0.2, -0.15) is 0 Å². The number of methoxy groups -OCH3 is 1. The second kappa shape index (κ2) is 8.90. The first-order valence-corrected chi connectivity index (χ1v) is 12.8. The number of benzene rings is 2. The van der Waals surface area contributed by atoms with Gasteiger partial charge in [0.25, 0.3) is 0 Å². The third-order valence-corrected chi connectivity index (χ3v) is 9.67. The molecule has 2 aromatic heterocycles. The maximum absolute atomic E-state index is 12.6. The van der Waals surface area contributed by atoms with Crippen LogP contribution in [0.5, 0.6) is 5.75 Å². The van der Waals surface area contributed by atoms with E-state index in [9.17, 15) is 14.7 Å². The van der Waals surface area contributed by atoms with Crippen molar-refractivity contribution in [2.24, 2.45) is 0 Å². The fraction of sp³-hybridized carbons (Fsp3) is 0.333. The molecule has 0 atom stereocenters. The second-order valence-corrected chi connectivity index (χ2v) is 11.4. The van der Waals surface area contributed by atoms with Crippen LogP contribution in [0, 0.1) is 0 Å². The molecule has 0 amide bonds. The Morgan fingerprint density at radius 1 is 0.862 bits per heavy atom. The molecule has 152 valence electrons. The Hall–Kier alpha value is -1.82. The standard InChI is InChI=1S/C21H22N2O4Se2/c1-27-15-6-8-19-17(12-15)21(26)23(29-19)10-4-2-3-9-22-20(25)16-11-14(13-24)5-7-18(16)28-22/h5-8,11-12,24H,2-4,9-10,13H2,1H3. The minimum atomic E-state index is -0.0408. The molecule has 0 aliphatic carbocycles. The molecule has 6 nitrogen and oxygen atoms in total. The topological polar surface area (TPSA) is 73.5 Å². The van der Waals surface area contributed by atoms with E-state index in [2.05, 4.69) is 0 Å². The number of unbranched alkanes of at least 4 members (excludes halogenated alkanes) is 2. The first-order valence-electron chi connectivity index (χ1n) is 9.52. The van der Waals surface area contributed by atoms with Crippen LogP contribution in [0.1, 0.15) is 24.8 Å². The zero-order chi connectivity index (χ0) is 20.4. The van der Waals surface area contributed by atoms with Gasteiger partial charge in [0.1, 0.15) is 0 Å². The summed E-state index contributed by atoms with van der Waals surface area (Å²) in [6.45, 7) is 1.47. The molecule has 4 aromatic rings. The van der Waals surface area contributed by atoms with Gasteiger partial charge in [0.05, 0.1) is 0 Å². The zero-order valence-corrected chi connectivity index (χ0v) is 19.5. The average Bonchev–Trinajstić information content (AvgIpc) is 3.23. The zero-order valence-electron chi connectivity index (χ0n) is 16.1. The van der Waals surface area contributed by atoms with Gasteiger partial charge in [0.15, 0.2) is 0 Å². The summed E-state index contributed by atoms with van der Waals surface area (Å²) in [5.74, 6) is 0.721. The predicted octanol–water partition coefficient (Wildman–Crippen LogP) is 1.80. The van der Waals surface area contributed by atoms with E-state index in [4.69, 9.17) is 4.74 Å². The Morgan fingerprint density at radius 2 is 1.45 bits per heavy atom. The summed E-state index contributed by atoms with van der Waals surface area (Å²) in [4.78, 5) is 25.1. The molecule has 0 saturated carbocycles. The number of fused-ring (bicyclic) bond motifs is 2. The molecule has 2 heterocycles. The van der Waals surface area contributed by atoms with Gasteiger partial charge in [0, 0.05) is 0 Å². The Bertz CT molecular complexity index is 1170. The third kappa shape index (κ3) is 4.23. The van der Waals surface area contributed by atoms with Crippen molar-refractivity contribution >= 4 is 48.8 Å². The van der Waals surface area contributed by atoms with Crippen molar-refractivity contribution in [3.63, 3.8) is 0 Å². The SMILES string of the molecule is COc1ccc2[se]n(CCCCCn3[se]c4ccc(CO)cc4c3=O)c(=O)c2c1.